The molecule has 0 spiro atoms. The number of rotatable bonds is 6. The average Bonchev–Trinajstić information content (AvgIpc) is 2.37. The molecule has 0 aromatic carbocycles. The third-order valence-electron chi connectivity index (χ3n) is 1.51. The Morgan fingerprint density at radius 1 is 1.23 bits per heavy atom. The number of alkyl carbamates (subject to hydrolysis) is 1. The van der Waals surface area contributed by atoms with E-state index in [-0.39, 0.29) is 12.6 Å². The van der Waals surface area contributed by atoms with Crippen molar-refractivity contribution in [2.75, 3.05) is 13.1 Å². The van der Waals surface area contributed by atoms with Gasteiger partial charge in [-0.05, 0) is 27.2 Å². The van der Waals surface area contributed by atoms with Crippen LogP contribution in [0.4, 0.5) is 4.79 Å². The summed E-state index contributed by atoms with van der Waals surface area (Å²) in [6.07, 6.45) is 2.97. The van der Waals surface area contributed by atoms with Crippen molar-refractivity contribution in [1.29, 1.82) is 0 Å². The van der Waals surface area contributed by atoms with Gasteiger partial charge >= 0.3 is 12.1 Å². The molecule has 0 fully saturated rings. The molecule has 0 aromatic heterocycles. The fraction of sp³-hybridized carbons (Fsp3) is 0.786. The van der Waals surface area contributed by atoms with Crippen molar-refractivity contribution < 1.29 is 24.2 Å². The molecule has 0 rings (SSSR count). The van der Waals surface area contributed by atoms with Gasteiger partial charge in [0, 0.05) is 6.54 Å². The van der Waals surface area contributed by atoms with E-state index in [9.17, 15) is 14.4 Å². The van der Waals surface area contributed by atoms with Gasteiger partial charge < -0.3 is 25.3 Å². The van der Waals surface area contributed by atoms with Gasteiger partial charge in [0.15, 0.2) is 0 Å². The fourth-order valence-electron chi connectivity index (χ4n) is 0.793. The van der Waals surface area contributed by atoms with Crippen molar-refractivity contribution in [3.63, 3.8) is 0 Å². The predicted octanol–water partition coefficient (Wildman–Crippen LogP) is 2.07. The molecule has 8 heteroatoms. The first-order chi connectivity index (χ1) is 9.72. The molecule has 0 bridgehead atoms. The van der Waals surface area contributed by atoms with Gasteiger partial charge in [-0.15, -0.1) is 0 Å². The Balaban J connectivity index is -0.000000139. The monoisotopic (exact) mass is 562 g/mol. The number of carbonyl (C=O) groups is 2. The standard InChI is InChI=1S/C9H19NO2.C3H4NO3.C2H6.Fm/c1-5-6-7-10-8(11)12-9(2,3)4;5-2-4-1-3(6)7;1-2;/h5-7H2,1-4H3,(H,10,11);1H2,(H,4,5)(H,6,7);1-2H3;/q;-1;;. The third-order valence-corrected chi connectivity index (χ3v) is 1.51. The molecule has 0 heterocycles. The molecule has 0 radical (unpaired) electrons. The third kappa shape index (κ3) is 36.0. The van der Waals surface area contributed by atoms with Gasteiger partial charge in [-0.25, -0.2) is 4.79 Å². The molecule has 0 aliphatic carbocycles. The predicted molar refractivity (Wildman–Crippen MR) is 81.8 cm³/mol. The maximum atomic E-state index is 11.0. The Morgan fingerprint density at radius 3 is 2.00 bits per heavy atom. The Labute approximate surface area is 127 Å². The number of carboxylic acids is 1. The van der Waals surface area contributed by atoms with Crippen LogP contribution in [-0.2, 0) is 14.3 Å². The zero-order valence-corrected chi connectivity index (χ0v) is 16.6. The topological polar surface area (TPSA) is 105 Å². The van der Waals surface area contributed by atoms with Crippen LogP contribution in [0.5, 0.6) is 0 Å². The Bertz CT molecular complexity index is 281. The number of unbranched alkanes of at least 4 members (excludes halogenated alkanes) is 1. The number of ether oxygens (including phenoxy) is 1. The van der Waals surface area contributed by atoms with E-state index < -0.39 is 11.6 Å². The first kappa shape index (κ1) is 27.5. The number of amides is 2. The maximum absolute atomic E-state index is 11.0. The molecule has 0 aromatic rings. The van der Waals surface area contributed by atoms with Crippen LogP contribution < -0.4 is 10.6 Å². The molecular weight excluding hydrogens is 533 g/mol. The molecule has 0 atom stereocenters. The van der Waals surface area contributed by atoms with Crippen LogP contribution in [0, 0.1) is 0 Å². The van der Waals surface area contributed by atoms with E-state index in [1.54, 1.807) is 0 Å². The van der Waals surface area contributed by atoms with Gasteiger partial charge in [-0.3, -0.25) is 4.79 Å². The zero-order chi connectivity index (χ0) is 17.3. The van der Waals surface area contributed by atoms with E-state index in [1.807, 2.05) is 39.9 Å². The largest absolute Gasteiger partial charge is 0.521 e. The van der Waals surface area contributed by atoms with Gasteiger partial charge in [0.25, 0.3) is 0 Å². The summed E-state index contributed by atoms with van der Waals surface area (Å²) in [6, 6.07) is 0. The molecule has 22 heavy (non-hydrogen) atoms. The van der Waals surface area contributed by atoms with Gasteiger partial charge in [-0.2, -0.15) is 6.41 Å². The Hall–Kier alpha value is -2.79. The van der Waals surface area contributed by atoms with Crippen LogP contribution in [-0.4, -0.2) is 42.3 Å². The molecule has 3 N–H and O–H groups in total. The fourth-order valence-corrected chi connectivity index (χ4v) is 0.793. The molecule has 7 nitrogen and oxygen atoms in total. The van der Waals surface area contributed by atoms with Crippen LogP contribution in [0.15, 0.2) is 0 Å². The summed E-state index contributed by atoms with van der Waals surface area (Å²) in [4.78, 5) is 29.7. The number of aliphatic carboxylic acids is 1. The molecule has 0 unspecified atom stereocenters. The van der Waals surface area contributed by atoms with Gasteiger partial charge in [0.2, 0.25) is 0 Å². The maximum Gasteiger partial charge on any atom is 0.407 e. The van der Waals surface area contributed by atoms with E-state index >= 15 is 0 Å². The molecule has 2 amide bonds. The molecular formula is C14H29FmN2O5-. The quantitative estimate of drug-likeness (QED) is 0.261. The molecule has 0 aliphatic rings. The number of hydrogen-bond donors (Lipinski definition) is 3. The van der Waals surface area contributed by atoms with Crippen LogP contribution >= 0.6 is 0 Å². The van der Waals surface area contributed by atoms with Crippen LogP contribution in [0.25, 0.3) is 0 Å². The van der Waals surface area contributed by atoms with Crippen molar-refractivity contribution in [1.82, 2.24) is 10.6 Å². The average molecular weight is 562 g/mol. The van der Waals surface area contributed by atoms with Gasteiger partial charge in [-0.1, -0.05) is 27.2 Å². The normalized spacial score (nSPS) is 8.64. The van der Waals surface area contributed by atoms with E-state index in [0.717, 1.165) is 12.8 Å². The van der Waals surface area contributed by atoms with E-state index in [1.165, 1.54) is 6.41 Å². The van der Waals surface area contributed by atoms with Crippen LogP contribution in [0.2, 0.25) is 0 Å². The van der Waals surface area contributed by atoms with E-state index in [0.29, 0.717) is 6.54 Å². The molecule has 0 saturated carbocycles. The van der Waals surface area contributed by atoms with Gasteiger partial charge in [0.05, 0.1) is 6.54 Å². The van der Waals surface area contributed by atoms with Crippen molar-refractivity contribution in [3.05, 3.63) is 0 Å². The second-order valence-electron chi connectivity index (χ2n) is 4.63. The van der Waals surface area contributed by atoms with E-state index in [2.05, 4.69) is 12.2 Å². The van der Waals surface area contributed by atoms with Crippen molar-refractivity contribution >= 4 is 18.5 Å². The SMILES string of the molecule is CC.CCCCNC(=O)OC(C)(C)C.O=[C-]NCC(=O)O.[Fm]. The minimum atomic E-state index is -1.07. The molecule has 0 aliphatic heterocycles. The van der Waals surface area contributed by atoms with Crippen LogP contribution in [0.3, 0.4) is 0 Å². The van der Waals surface area contributed by atoms with Crippen LogP contribution in [0.1, 0.15) is 54.4 Å². The summed E-state index contributed by atoms with van der Waals surface area (Å²) in [5.74, 6) is -1.07. The van der Waals surface area contributed by atoms with Crippen molar-refractivity contribution in [2.24, 2.45) is 0 Å². The molecule has 138 valence electrons. The summed E-state index contributed by atoms with van der Waals surface area (Å²) in [7, 11) is 0. The minimum absolute atomic E-state index is 0. The zero-order valence-electron chi connectivity index (χ0n) is 14.2. The smallest absolute Gasteiger partial charge is 0.407 e. The number of carbonyl (C=O) groups excluding carboxylic acids is 2. The first-order valence-electron chi connectivity index (χ1n) is 7.01. The minimum Gasteiger partial charge on any atom is -0.521 e. The van der Waals surface area contributed by atoms with Gasteiger partial charge in [0.1, 0.15) is 5.60 Å². The Morgan fingerprint density at radius 2 is 1.73 bits per heavy atom. The van der Waals surface area contributed by atoms with E-state index in [4.69, 9.17) is 9.84 Å². The number of nitrogens with one attached hydrogen (secondary N) is 2. The Kier molecular flexibility index (Phi) is 22.8. The summed E-state index contributed by atoms with van der Waals surface area (Å²) in [5, 5.41) is 12.3. The summed E-state index contributed by atoms with van der Waals surface area (Å²) < 4.78 is 5.03. The second kappa shape index (κ2) is 18.2. The summed E-state index contributed by atoms with van der Waals surface area (Å²) >= 11 is 0. The second-order valence-corrected chi connectivity index (χ2v) is 4.63. The molecule has 0 saturated heterocycles. The first-order valence-corrected chi connectivity index (χ1v) is 7.01. The number of carboxylic acid groups (broad SMARTS) is 1. The summed E-state index contributed by atoms with van der Waals surface area (Å²) in [6.45, 7) is 12.0. The van der Waals surface area contributed by atoms with Crippen molar-refractivity contribution in [3.8, 4) is 0 Å². The summed E-state index contributed by atoms with van der Waals surface area (Å²) in [5.41, 5.74) is -0.393. The van der Waals surface area contributed by atoms with Crippen molar-refractivity contribution in [2.45, 2.75) is 60.0 Å². The number of hydrogen-bond acceptors (Lipinski definition) is 4.